The molecule has 0 radical (unpaired) electrons. The van der Waals surface area contributed by atoms with Crippen LogP contribution in [0, 0.1) is 6.92 Å². The quantitative estimate of drug-likeness (QED) is 0.492. The molecule has 2 aromatic rings. The molecule has 0 saturated carbocycles. The predicted molar refractivity (Wildman–Crippen MR) is 72.6 cm³/mol. The van der Waals surface area contributed by atoms with E-state index in [4.69, 9.17) is 5.84 Å². The third kappa shape index (κ3) is 2.95. The summed E-state index contributed by atoms with van der Waals surface area (Å²) in [5.41, 5.74) is 3.64. The normalized spacial score (nSPS) is 10.6. The summed E-state index contributed by atoms with van der Waals surface area (Å²) in [6.07, 6.45) is 3.38. The molecule has 3 N–H and O–H groups in total. The molecular formula is C10H14N6S2. The van der Waals surface area contributed by atoms with E-state index in [0.717, 1.165) is 33.6 Å². The van der Waals surface area contributed by atoms with Gasteiger partial charge in [-0.3, -0.25) is 0 Å². The first-order chi connectivity index (χ1) is 8.74. The van der Waals surface area contributed by atoms with E-state index in [-0.39, 0.29) is 0 Å². The molecule has 6 nitrogen and oxygen atoms in total. The Labute approximate surface area is 114 Å². The lowest BCUT2D eigenvalue weighted by atomic mass is 10.2. The number of nitrogens with two attached hydrogens (primary N) is 1. The number of nitrogens with zero attached hydrogens (tertiary/aromatic N) is 4. The van der Waals surface area contributed by atoms with Crippen molar-refractivity contribution in [2.75, 3.05) is 5.43 Å². The minimum Gasteiger partial charge on any atom is -0.308 e. The van der Waals surface area contributed by atoms with Gasteiger partial charge in [0.05, 0.1) is 0 Å². The number of hydrogen-bond acceptors (Lipinski definition) is 8. The molecule has 0 aliphatic carbocycles. The molecule has 0 spiro atoms. The van der Waals surface area contributed by atoms with Crippen LogP contribution >= 0.6 is 23.3 Å². The number of anilines is 1. The average molecular weight is 282 g/mol. The van der Waals surface area contributed by atoms with Crippen LogP contribution in [-0.2, 0) is 6.42 Å². The van der Waals surface area contributed by atoms with E-state index in [0.29, 0.717) is 5.82 Å². The molecule has 0 unspecified atom stereocenters. The van der Waals surface area contributed by atoms with Gasteiger partial charge in [-0.15, -0.1) is 0 Å². The maximum absolute atomic E-state index is 5.47. The average Bonchev–Trinajstić information content (AvgIpc) is 2.77. The van der Waals surface area contributed by atoms with Crippen LogP contribution in [0.4, 0.5) is 5.82 Å². The van der Waals surface area contributed by atoms with Crippen LogP contribution in [0.1, 0.15) is 24.7 Å². The van der Waals surface area contributed by atoms with Gasteiger partial charge in [-0.05, 0) is 36.6 Å². The topological polar surface area (TPSA) is 89.6 Å². The molecular weight excluding hydrogens is 268 g/mol. The van der Waals surface area contributed by atoms with Crippen LogP contribution in [0.3, 0.4) is 0 Å². The molecule has 96 valence electrons. The van der Waals surface area contributed by atoms with Crippen LogP contribution in [-0.4, -0.2) is 19.3 Å². The zero-order valence-electron chi connectivity index (χ0n) is 10.2. The zero-order chi connectivity index (χ0) is 13.0. The van der Waals surface area contributed by atoms with Gasteiger partial charge in [0, 0.05) is 5.56 Å². The maximum atomic E-state index is 5.47. The third-order valence-corrected chi connectivity index (χ3v) is 4.12. The van der Waals surface area contributed by atoms with Crippen LogP contribution < -0.4 is 11.3 Å². The van der Waals surface area contributed by atoms with Gasteiger partial charge in [0.2, 0.25) is 0 Å². The smallest absolute Gasteiger partial charge is 0.176 e. The maximum Gasteiger partial charge on any atom is 0.176 e. The molecule has 8 heteroatoms. The molecule has 0 atom stereocenters. The van der Waals surface area contributed by atoms with Gasteiger partial charge in [-0.1, -0.05) is 13.3 Å². The molecule has 0 aliphatic heterocycles. The highest BCUT2D eigenvalue weighted by Gasteiger charge is 2.13. The Kier molecular flexibility index (Phi) is 4.45. The molecule has 0 amide bonds. The Morgan fingerprint density at radius 2 is 2.28 bits per heavy atom. The Morgan fingerprint density at radius 3 is 2.89 bits per heavy atom. The fourth-order valence-electron chi connectivity index (χ4n) is 1.49. The monoisotopic (exact) mass is 282 g/mol. The number of rotatable bonds is 5. The number of nitrogens with one attached hydrogen (secondary N) is 1. The summed E-state index contributed by atoms with van der Waals surface area (Å²) in [6.45, 7) is 3.98. The van der Waals surface area contributed by atoms with Gasteiger partial charge >= 0.3 is 0 Å². The van der Waals surface area contributed by atoms with Crippen molar-refractivity contribution in [2.45, 2.75) is 36.1 Å². The molecule has 2 heterocycles. The van der Waals surface area contributed by atoms with Crippen molar-refractivity contribution in [1.82, 2.24) is 19.3 Å². The number of nitrogen functional groups attached to an aromatic ring is 1. The van der Waals surface area contributed by atoms with Crippen molar-refractivity contribution in [2.24, 2.45) is 5.84 Å². The van der Waals surface area contributed by atoms with Gasteiger partial charge in [0.1, 0.15) is 23.0 Å². The highest BCUT2D eigenvalue weighted by atomic mass is 32.2. The fourth-order valence-corrected chi connectivity index (χ4v) is 3.17. The molecule has 0 aromatic carbocycles. The van der Waals surface area contributed by atoms with Gasteiger partial charge in [-0.2, -0.15) is 4.37 Å². The largest absolute Gasteiger partial charge is 0.308 e. The lowest BCUT2D eigenvalue weighted by Gasteiger charge is -2.09. The van der Waals surface area contributed by atoms with Gasteiger partial charge in [-0.25, -0.2) is 20.8 Å². The van der Waals surface area contributed by atoms with Gasteiger partial charge < -0.3 is 5.43 Å². The van der Waals surface area contributed by atoms with Crippen molar-refractivity contribution in [1.29, 1.82) is 0 Å². The first-order valence-electron chi connectivity index (χ1n) is 5.53. The van der Waals surface area contributed by atoms with Crippen LogP contribution in [0.25, 0.3) is 0 Å². The van der Waals surface area contributed by atoms with Crippen molar-refractivity contribution in [3.63, 3.8) is 0 Å². The Hall–Kier alpha value is -1.25. The summed E-state index contributed by atoms with van der Waals surface area (Å²) in [5, 5.41) is 0.885. The summed E-state index contributed by atoms with van der Waals surface area (Å²) in [4.78, 5) is 12.8. The molecule has 0 fully saturated rings. The molecule has 0 saturated heterocycles. The SMILES string of the molecule is CCCc1c(NN)ncnc1Sc1nc(C)ns1. The minimum absolute atomic E-state index is 0.676. The van der Waals surface area contributed by atoms with Crippen molar-refractivity contribution < 1.29 is 0 Å². The lowest BCUT2D eigenvalue weighted by molar-refractivity contribution is 0.856. The second kappa shape index (κ2) is 6.07. The van der Waals surface area contributed by atoms with E-state index in [9.17, 15) is 0 Å². The van der Waals surface area contributed by atoms with Crippen LogP contribution in [0.5, 0.6) is 0 Å². The summed E-state index contributed by atoms with van der Waals surface area (Å²) in [7, 11) is 0. The van der Waals surface area contributed by atoms with E-state index in [1.807, 2.05) is 6.92 Å². The second-order valence-corrected chi connectivity index (χ2v) is 5.60. The zero-order valence-corrected chi connectivity index (χ0v) is 11.8. The van der Waals surface area contributed by atoms with Crippen molar-refractivity contribution in [3.05, 3.63) is 17.7 Å². The van der Waals surface area contributed by atoms with Crippen molar-refractivity contribution >= 4 is 29.1 Å². The summed E-state index contributed by atoms with van der Waals surface area (Å²) in [6, 6.07) is 0. The first-order valence-corrected chi connectivity index (χ1v) is 7.12. The van der Waals surface area contributed by atoms with E-state index in [1.165, 1.54) is 29.6 Å². The van der Waals surface area contributed by atoms with E-state index in [1.54, 1.807) is 0 Å². The summed E-state index contributed by atoms with van der Waals surface area (Å²) in [5.74, 6) is 6.93. The first kappa shape index (κ1) is 13.2. The summed E-state index contributed by atoms with van der Waals surface area (Å²) < 4.78 is 5.04. The Morgan fingerprint density at radius 1 is 1.44 bits per heavy atom. The standard InChI is InChI=1S/C10H14N6S2/c1-3-4-7-8(15-11)12-5-13-9(7)17-10-14-6(2)16-18-10/h5H,3-4,11H2,1-2H3,(H,12,13,15). The predicted octanol–water partition coefficient (Wildman–Crippen LogP) is 2.03. The highest BCUT2D eigenvalue weighted by Crippen LogP contribution is 2.32. The molecule has 0 bridgehead atoms. The Balaban J connectivity index is 2.31. The minimum atomic E-state index is 0.676. The van der Waals surface area contributed by atoms with E-state index in [2.05, 4.69) is 31.7 Å². The van der Waals surface area contributed by atoms with Gasteiger partial charge in [0.25, 0.3) is 0 Å². The lowest BCUT2D eigenvalue weighted by Crippen LogP contribution is -2.12. The van der Waals surface area contributed by atoms with E-state index < -0.39 is 0 Å². The molecule has 0 aliphatic rings. The molecule has 18 heavy (non-hydrogen) atoms. The van der Waals surface area contributed by atoms with Crippen molar-refractivity contribution in [3.8, 4) is 0 Å². The number of aromatic nitrogens is 4. The van der Waals surface area contributed by atoms with Crippen LogP contribution in [0.15, 0.2) is 15.7 Å². The third-order valence-electron chi connectivity index (χ3n) is 2.24. The number of aryl methyl sites for hydroxylation is 1. The fraction of sp³-hybridized carbons (Fsp3) is 0.400. The van der Waals surface area contributed by atoms with Crippen LogP contribution in [0.2, 0.25) is 0 Å². The number of hydrogen-bond donors (Lipinski definition) is 2. The molecule has 2 rings (SSSR count). The Bertz CT molecular complexity index is 527. The second-order valence-electron chi connectivity index (χ2n) is 3.61. The molecule has 2 aromatic heterocycles. The number of hydrazine groups is 1. The summed E-state index contributed by atoms with van der Waals surface area (Å²) >= 11 is 2.88. The highest BCUT2D eigenvalue weighted by molar-refractivity contribution is 8.00. The van der Waals surface area contributed by atoms with E-state index >= 15 is 0 Å². The van der Waals surface area contributed by atoms with Gasteiger partial charge in [0.15, 0.2) is 4.34 Å².